The SMILES string of the molecule is c1ccc(-c2nc(-c3cccc4c3sc3ccccc34)nc(-c3cccc4oc5ccc(-c6cccc7c6-c6ccccc6C76c7ccccc7-c7ccccc76)cc5c34)n2)cc1. The highest BCUT2D eigenvalue weighted by Gasteiger charge is 2.52. The Kier molecular flexibility index (Phi) is 7.16. The average molecular weight is 820 g/mol. The Balaban J connectivity index is 0.992. The molecule has 0 aliphatic heterocycles. The van der Waals surface area contributed by atoms with Gasteiger partial charge in [0.05, 0.1) is 5.41 Å². The maximum Gasteiger partial charge on any atom is 0.165 e. The molecule has 0 fully saturated rings. The zero-order valence-corrected chi connectivity index (χ0v) is 34.5. The van der Waals surface area contributed by atoms with E-state index < -0.39 is 5.41 Å². The van der Waals surface area contributed by atoms with E-state index >= 15 is 0 Å². The molecule has 3 aromatic heterocycles. The summed E-state index contributed by atoms with van der Waals surface area (Å²) in [7, 11) is 0. The van der Waals surface area contributed by atoms with Gasteiger partial charge in [-0.25, -0.2) is 15.0 Å². The van der Waals surface area contributed by atoms with Crippen LogP contribution in [0.4, 0.5) is 0 Å². The smallest absolute Gasteiger partial charge is 0.165 e. The van der Waals surface area contributed by atoms with Gasteiger partial charge < -0.3 is 4.42 Å². The van der Waals surface area contributed by atoms with E-state index in [0.29, 0.717) is 17.5 Å². The molecule has 292 valence electrons. The molecule has 2 aliphatic rings. The molecule has 9 aromatic carbocycles. The van der Waals surface area contributed by atoms with E-state index in [1.54, 1.807) is 11.3 Å². The van der Waals surface area contributed by atoms with Gasteiger partial charge in [0.1, 0.15) is 11.2 Å². The molecule has 0 atom stereocenters. The normalized spacial score (nSPS) is 13.2. The predicted octanol–water partition coefficient (Wildman–Crippen LogP) is 15.2. The number of aromatic nitrogens is 3. The molecular weight excluding hydrogens is 787 g/mol. The zero-order valence-electron chi connectivity index (χ0n) is 33.7. The minimum Gasteiger partial charge on any atom is -0.456 e. The first-order valence-corrected chi connectivity index (χ1v) is 22.2. The molecule has 0 saturated heterocycles. The molecule has 0 radical (unpaired) electrons. The Morgan fingerprint density at radius 1 is 0.365 bits per heavy atom. The number of furan rings is 1. The highest BCUT2D eigenvalue weighted by atomic mass is 32.1. The summed E-state index contributed by atoms with van der Waals surface area (Å²) >= 11 is 1.78. The highest BCUT2D eigenvalue weighted by Crippen LogP contribution is 2.64. The second kappa shape index (κ2) is 13.0. The summed E-state index contributed by atoms with van der Waals surface area (Å²) in [6.07, 6.45) is 0. The molecule has 4 nitrogen and oxygen atoms in total. The Labute approximate surface area is 366 Å². The summed E-state index contributed by atoms with van der Waals surface area (Å²) in [5.74, 6) is 1.87. The number of hydrogen-bond donors (Lipinski definition) is 0. The average Bonchev–Trinajstić information content (AvgIpc) is 4.09. The molecule has 3 heterocycles. The van der Waals surface area contributed by atoms with Crippen LogP contribution < -0.4 is 0 Å². The number of rotatable bonds is 4. The topological polar surface area (TPSA) is 51.8 Å². The molecule has 5 heteroatoms. The predicted molar refractivity (Wildman–Crippen MR) is 258 cm³/mol. The quantitative estimate of drug-likeness (QED) is 0.177. The number of benzene rings is 9. The van der Waals surface area contributed by atoms with Crippen LogP contribution in [-0.2, 0) is 5.41 Å². The van der Waals surface area contributed by atoms with Crippen LogP contribution in [0.3, 0.4) is 0 Å². The third-order valence-electron chi connectivity index (χ3n) is 13.4. The van der Waals surface area contributed by atoms with Crippen LogP contribution in [0, 0.1) is 0 Å². The van der Waals surface area contributed by atoms with E-state index in [2.05, 4.69) is 170 Å². The fourth-order valence-electron chi connectivity index (χ4n) is 10.8. The third-order valence-corrected chi connectivity index (χ3v) is 14.6. The maximum atomic E-state index is 6.66. The summed E-state index contributed by atoms with van der Waals surface area (Å²) in [6, 6.07) is 71.9. The van der Waals surface area contributed by atoms with Crippen LogP contribution in [0.2, 0.25) is 0 Å². The zero-order chi connectivity index (χ0) is 41.2. The van der Waals surface area contributed by atoms with Crippen molar-refractivity contribution in [2.75, 3.05) is 0 Å². The lowest BCUT2D eigenvalue weighted by molar-refractivity contribution is 0.669. The number of nitrogens with zero attached hydrogens (tertiary/aromatic N) is 3. The van der Waals surface area contributed by atoms with Gasteiger partial charge in [-0.3, -0.25) is 0 Å². The Morgan fingerprint density at radius 2 is 0.937 bits per heavy atom. The third kappa shape index (κ3) is 4.77. The van der Waals surface area contributed by atoms with E-state index in [1.807, 2.05) is 30.3 Å². The van der Waals surface area contributed by atoms with Gasteiger partial charge in [-0.05, 0) is 86.0 Å². The Hall–Kier alpha value is -7.99. The van der Waals surface area contributed by atoms with Crippen LogP contribution in [0.5, 0.6) is 0 Å². The largest absolute Gasteiger partial charge is 0.456 e. The second-order valence-corrected chi connectivity index (χ2v) is 17.6. The van der Waals surface area contributed by atoms with E-state index in [1.165, 1.54) is 65.5 Å². The van der Waals surface area contributed by atoms with Crippen molar-refractivity contribution >= 4 is 53.4 Å². The summed E-state index contributed by atoms with van der Waals surface area (Å²) in [6.45, 7) is 0. The van der Waals surface area contributed by atoms with Gasteiger partial charge in [0.25, 0.3) is 0 Å². The number of fused-ring (bicyclic) bond motifs is 16. The molecule has 2 aliphatic carbocycles. The van der Waals surface area contributed by atoms with Gasteiger partial charge in [-0.1, -0.05) is 170 Å². The van der Waals surface area contributed by atoms with E-state index in [0.717, 1.165) is 48.9 Å². The van der Waals surface area contributed by atoms with Crippen LogP contribution in [0.15, 0.2) is 205 Å². The molecule has 0 bridgehead atoms. The van der Waals surface area contributed by atoms with Crippen LogP contribution in [-0.4, -0.2) is 15.0 Å². The molecule has 0 saturated carbocycles. The molecule has 1 spiro atoms. The van der Waals surface area contributed by atoms with Gasteiger partial charge in [-0.15, -0.1) is 11.3 Å². The van der Waals surface area contributed by atoms with E-state index in [9.17, 15) is 0 Å². The summed E-state index contributed by atoms with van der Waals surface area (Å²) < 4.78 is 9.06. The highest BCUT2D eigenvalue weighted by molar-refractivity contribution is 7.26. The summed E-state index contributed by atoms with van der Waals surface area (Å²) in [5, 5.41) is 4.44. The molecule has 63 heavy (non-hydrogen) atoms. The van der Waals surface area contributed by atoms with Gasteiger partial charge in [0, 0.05) is 47.6 Å². The molecule has 12 aromatic rings. The van der Waals surface area contributed by atoms with Crippen molar-refractivity contribution in [1.29, 1.82) is 0 Å². The summed E-state index contributed by atoms with van der Waals surface area (Å²) in [5.41, 5.74) is 16.8. The second-order valence-electron chi connectivity index (χ2n) is 16.6. The summed E-state index contributed by atoms with van der Waals surface area (Å²) in [4.78, 5) is 15.7. The minimum atomic E-state index is -0.415. The van der Waals surface area contributed by atoms with Crippen molar-refractivity contribution in [3.63, 3.8) is 0 Å². The number of thiophene rings is 1. The van der Waals surface area contributed by atoms with Crippen molar-refractivity contribution in [3.8, 4) is 67.5 Å². The van der Waals surface area contributed by atoms with Gasteiger partial charge in [0.15, 0.2) is 17.5 Å². The molecule has 0 N–H and O–H groups in total. The van der Waals surface area contributed by atoms with Crippen molar-refractivity contribution in [3.05, 3.63) is 222 Å². The van der Waals surface area contributed by atoms with Crippen molar-refractivity contribution < 1.29 is 4.42 Å². The first-order valence-electron chi connectivity index (χ1n) is 21.3. The van der Waals surface area contributed by atoms with Crippen molar-refractivity contribution in [1.82, 2.24) is 15.0 Å². The molecule has 0 unspecified atom stereocenters. The van der Waals surface area contributed by atoms with Gasteiger partial charge in [0.2, 0.25) is 0 Å². The molecular formula is C58H33N3OS. The fraction of sp³-hybridized carbons (Fsp3) is 0.0172. The maximum absolute atomic E-state index is 6.66. The lowest BCUT2D eigenvalue weighted by atomic mass is 9.70. The minimum absolute atomic E-state index is 0.415. The van der Waals surface area contributed by atoms with Gasteiger partial charge in [-0.2, -0.15) is 0 Å². The van der Waals surface area contributed by atoms with E-state index in [-0.39, 0.29) is 0 Å². The lowest BCUT2D eigenvalue weighted by Crippen LogP contribution is -2.25. The fourth-order valence-corrected chi connectivity index (χ4v) is 12.0. The van der Waals surface area contributed by atoms with Crippen LogP contribution >= 0.6 is 11.3 Å². The first kappa shape index (κ1) is 34.7. The molecule has 0 amide bonds. The standard InChI is InChI=1S/C58H33N3OS/c1-2-15-34(16-3-1)55-59-56(61-57(60-55)43-24-12-22-40-39-19-7-11-30-51(39)63-54(40)43)42-23-14-29-50-53(42)44-33-35(31-32-49(44)62-50)36-21-13-28-48-52(36)41-20-6-10-27-47(41)58(48)45-25-8-4-17-37(45)38-18-5-9-26-46(38)58/h1-33H. The van der Waals surface area contributed by atoms with Crippen LogP contribution in [0.25, 0.3) is 110 Å². The van der Waals surface area contributed by atoms with Crippen molar-refractivity contribution in [2.45, 2.75) is 5.41 Å². The number of hydrogen-bond acceptors (Lipinski definition) is 5. The Bertz CT molecular complexity index is 3830. The van der Waals surface area contributed by atoms with E-state index in [4.69, 9.17) is 19.4 Å². The first-order chi connectivity index (χ1) is 31.2. The Morgan fingerprint density at radius 3 is 1.75 bits per heavy atom. The van der Waals surface area contributed by atoms with Crippen molar-refractivity contribution in [2.24, 2.45) is 0 Å². The lowest BCUT2D eigenvalue weighted by Gasteiger charge is -2.30. The van der Waals surface area contributed by atoms with Crippen LogP contribution in [0.1, 0.15) is 22.3 Å². The molecule has 14 rings (SSSR count). The van der Waals surface area contributed by atoms with Gasteiger partial charge >= 0.3 is 0 Å². The monoisotopic (exact) mass is 819 g/mol.